The first kappa shape index (κ1) is 12.2. The van der Waals surface area contributed by atoms with Gasteiger partial charge in [-0.1, -0.05) is 25.1 Å². The van der Waals surface area contributed by atoms with Crippen molar-refractivity contribution >= 4 is 17.5 Å². The summed E-state index contributed by atoms with van der Waals surface area (Å²) >= 11 is 5.97. The third-order valence-electron chi connectivity index (χ3n) is 2.96. The van der Waals surface area contributed by atoms with Crippen LogP contribution in [0.2, 0.25) is 0 Å². The van der Waals surface area contributed by atoms with Gasteiger partial charge in [0.1, 0.15) is 18.3 Å². The average Bonchev–Trinajstić information content (AvgIpc) is 2.79. The standard InChI is InChI=1S/C13H16ClNO2/c1-2-9(14)7-15-13(16)11-8-17-12-6-4-3-5-10(11)12/h3-6,9,11H,2,7-8H2,1H3,(H,15,16). The van der Waals surface area contributed by atoms with Gasteiger partial charge in [0.05, 0.1) is 5.38 Å². The average molecular weight is 254 g/mol. The van der Waals surface area contributed by atoms with Crippen LogP contribution >= 0.6 is 11.6 Å². The van der Waals surface area contributed by atoms with E-state index >= 15 is 0 Å². The molecule has 2 unspecified atom stereocenters. The van der Waals surface area contributed by atoms with Gasteiger partial charge in [-0.05, 0) is 12.5 Å². The van der Waals surface area contributed by atoms with E-state index in [9.17, 15) is 4.79 Å². The molecular formula is C13H16ClNO2. The van der Waals surface area contributed by atoms with Crippen molar-refractivity contribution in [3.8, 4) is 5.75 Å². The predicted octanol–water partition coefficient (Wildman–Crippen LogP) is 2.30. The van der Waals surface area contributed by atoms with E-state index in [2.05, 4.69) is 5.32 Å². The lowest BCUT2D eigenvalue weighted by molar-refractivity contribution is -0.122. The van der Waals surface area contributed by atoms with Gasteiger partial charge in [0.2, 0.25) is 5.91 Å². The first-order chi connectivity index (χ1) is 8.22. The zero-order valence-electron chi connectivity index (χ0n) is 9.78. The number of carbonyl (C=O) groups is 1. The summed E-state index contributed by atoms with van der Waals surface area (Å²) in [7, 11) is 0. The molecule has 0 radical (unpaired) electrons. The minimum absolute atomic E-state index is 0.00323. The summed E-state index contributed by atoms with van der Waals surface area (Å²) in [5, 5.41) is 2.86. The second-order valence-corrected chi connectivity index (χ2v) is 4.77. The number of alkyl halides is 1. The summed E-state index contributed by atoms with van der Waals surface area (Å²) in [4.78, 5) is 12.0. The molecule has 17 heavy (non-hydrogen) atoms. The van der Waals surface area contributed by atoms with E-state index in [1.165, 1.54) is 0 Å². The van der Waals surface area contributed by atoms with Gasteiger partial charge in [0, 0.05) is 12.1 Å². The highest BCUT2D eigenvalue weighted by atomic mass is 35.5. The number of amides is 1. The Bertz CT molecular complexity index is 408. The number of halogens is 1. The summed E-state index contributed by atoms with van der Waals surface area (Å²) in [6, 6.07) is 7.65. The molecule has 3 nitrogen and oxygen atoms in total. The van der Waals surface area contributed by atoms with Crippen molar-refractivity contribution < 1.29 is 9.53 Å². The van der Waals surface area contributed by atoms with Crippen LogP contribution < -0.4 is 10.1 Å². The fourth-order valence-electron chi connectivity index (χ4n) is 1.86. The number of carbonyl (C=O) groups excluding carboxylic acids is 1. The molecule has 1 aromatic rings. The maximum Gasteiger partial charge on any atom is 0.231 e. The van der Waals surface area contributed by atoms with Gasteiger partial charge in [-0.25, -0.2) is 0 Å². The molecule has 0 saturated heterocycles. The number of nitrogens with one attached hydrogen (secondary N) is 1. The molecule has 1 aliphatic heterocycles. The molecule has 0 spiro atoms. The van der Waals surface area contributed by atoms with Gasteiger partial charge >= 0.3 is 0 Å². The molecule has 1 N–H and O–H groups in total. The Morgan fingerprint density at radius 2 is 2.35 bits per heavy atom. The second-order valence-electron chi connectivity index (χ2n) is 4.15. The van der Waals surface area contributed by atoms with E-state index in [1.54, 1.807) is 0 Å². The Balaban J connectivity index is 1.98. The molecule has 1 aliphatic rings. The Hall–Kier alpha value is -1.22. The monoisotopic (exact) mass is 253 g/mol. The highest BCUT2D eigenvalue weighted by Gasteiger charge is 2.29. The van der Waals surface area contributed by atoms with Crippen LogP contribution in [0.5, 0.6) is 5.75 Å². The van der Waals surface area contributed by atoms with E-state index < -0.39 is 0 Å². The van der Waals surface area contributed by atoms with Crippen LogP contribution in [0.25, 0.3) is 0 Å². The first-order valence-corrected chi connectivity index (χ1v) is 6.29. The molecule has 0 aromatic heterocycles. The predicted molar refractivity (Wildman–Crippen MR) is 67.6 cm³/mol. The SMILES string of the molecule is CCC(Cl)CNC(=O)C1COc2ccccc21. The molecule has 2 atom stereocenters. The van der Waals surface area contributed by atoms with Crippen LogP contribution in [0.4, 0.5) is 0 Å². The quantitative estimate of drug-likeness (QED) is 0.837. The van der Waals surface area contributed by atoms with Crippen LogP contribution in [0.3, 0.4) is 0 Å². The van der Waals surface area contributed by atoms with E-state index in [0.29, 0.717) is 13.2 Å². The summed E-state index contributed by atoms with van der Waals surface area (Å²) in [6.45, 7) is 2.93. The van der Waals surface area contributed by atoms with Crippen LogP contribution in [0.15, 0.2) is 24.3 Å². The van der Waals surface area contributed by atoms with E-state index in [-0.39, 0.29) is 17.2 Å². The number of fused-ring (bicyclic) bond motifs is 1. The summed E-state index contributed by atoms with van der Waals surface area (Å²) in [6.07, 6.45) is 0.847. The third-order valence-corrected chi connectivity index (χ3v) is 3.42. The van der Waals surface area contributed by atoms with Crippen LogP contribution in [-0.4, -0.2) is 24.4 Å². The number of ether oxygens (including phenoxy) is 1. The lowest BCUT2D eigenvalue weighted by Crippen LogP contribution is -2.34. The maximum absolute atomic E-state index is 12.0. The van der Waals surface area contributed by atoms with Crippen molar-refractivity contribution in [2.45, 2.75) is 24.6 Å². The molecule has 1 aromatic carbocycles. The second kappa shape index (κ2) is 5.41. The summed E-state index contributed by atoms with van der Waals surface area (Å²) in [5.41, 5.74) is 0.965. The lowest BCUT2D eigenvalue weighted by atomic mass is 10.0. The minimum atomic E-state index is -0.202. The van der Waals surface area contributed by atoms with Crippen molar-refractivity contribution in [3.05, 3.63) is 29.8 Å². The van der Waals surface area contributed by atoms with Crippen LogP contribution in [-0.2, 0) is 4.79 Å². The van der Waals surface area contributed by atoms with Gasteiger partial charge in [0.15, 0.2) is 0 Å². The zero-order valence-corrected chi connectivity index (χ0v) is 10.5. The van der Waals surface area contributed by atoms with Crippen LogP contribution in [0.1, 0.15) is 24.8 Å². The fourth-order valence-corrected chi connectivity index (χ4v) is 1.94. The smallest absolute Gasteiger partial charge is 0.231 e. The summed E-state index contributed by atoms with van der Waals surface area (Å²) < 4.78 is 5.47. The van der Waals surface area contributed by atoms with Gasteiger partial charge in [-0.15, -0.1) is 11.6 Å². The van der Waals surface area contributed by atoms with Gasteiger partial charge in [-0.2, -0.15) is 0 Å². The van der Waals surface area contributed by atoms with Crippen molar-refractivity contribution in [1.82, 2.24) is 5.32 Å². The van der Waals surface area contributed by atoms with Gasteiger partial charge in [-0.3, -0.25) is 4.79 Å². The minimum Gasteiger partial charge on any atom is -0.492 e. The maximum atomic E-state index is 12.0. The highest BCUT2D eigenvalue weighted by molar-refractivity contribution is 6.20. The number of benzene rings is 1. The topological polar surface area (TPSA) is 38.3 Å². The Morgan fingerprint density at radius 3 is 3.12 bits per heavy atom. The highest BCUT2D eigenvalue weighted by Crippen LogP contribution is 2.33. The fraction of sp³-hybridized carbons (Fsp3) is 0.462. The molecule has 1 amide bonds. The Kier molecular flexibility index (Phi) is 3.89. The third kappa shape index (κ3) is 2.72. The Labute approximate surface area is 106 Å². The van der Waals surface area contributed by atoms with E-state index in [4.69, 9.17) is 16.3 Å². The Morgan fingerprint density at radius 1 is 1.59 bits per heavy atom. The normalized spacial score (nSPS) is 19.3. The van der Waals surface area contributed by atoms with Crippen molar-refractivity contribution in [1.29, 1.82) is 0 Å². The van der Waals surface area contributed by atoms with Crippen molar-refractivity contribution in [2.24, 2.45) is 0 Å². The largest absolute Gasteiger partial charge is 0.492 e. The van der Waals surface area contributed by atoms with Crippen molar-refractivity contribution in [2.75, 3.05) is 13.2 Å². The van der Waals surface area contributed by atoms with E-state index in [1.807, 2.05) is 31.2 Å². The zero-order chi connectivity index (χ0) is 12.3. The molecule has 4 heteroatoms. The van der Waals surface area contributed by atoms with E-state index in [0.717, 1.165) is 17.7 Å². The van der Waals surface area contributed by atoms with Crippen molar-refractivity contribution in [3.63, 3.8) is 0 Å². The number of para-hydroxylation sites is 1. The molecular weight excluding hydrogens is 238 g/mol. The van der Waals surface area contributed by atoms with Crippen LogP contribution in [0, 0.1) is 0 Å². The number of hydrogen-bond donors (Lipinski definition) is 1. The lowest BCUT2D eigenvalue weighted by Gasteiger charge is -2.12. The molecule has 92 valence electrons. The van der Waals surface area contributed by atoms with Gasteiger partial charge < -0.3 is 10.1 Å². The number of rotatable bonds is 4. The summed E-state index contributed by atoms with van der Waals surface area (Å²) in [5.74, 6) is 0.603. The molecule has 0 fully saturated rings. The molecule has 0 saturated carbocycles. The molecule has 0 aliphatic carbocycles. The van der Waals surface area contributed by atoms with Gasteiger partial charge in [0.25, 0.3) is 0 Å². The molecule has 2 rings (SSSR count). The first-order valence-electron chi connectivity index (χ1n) is 5.86. The number of hydrogen-bond acceptors (Lipinski definition) is 2. The molecule has 0 bridgehead atoms. The molecule has 1 heterocycles.